The molecule has 15 heavy (non-hydrogen) atoms. The number of alkyl halides is 2. The maximum atomic E-state index is 6.28. The van der Waals surface area contributed by atoms with Gasteiger partial charge in [-0.2, -0.15) is 0 Å². The van der Waals surface area contributed by atoms with Gasteiger partial charge in [-0.25, -0.2) is 0 Å². The van der Waals surface area contributed by atoms with Crippen molar-refractivity contribution < 1.29 is 0 Å². The first-order valence-electron chi connectivity index (χ1n) is 4.85. The van der Waals surface area contributed by atoms with Crippen LogP contribution in [0.5, 0.6) is 0 Å². The molecule has 2 N–H and O–H groups in total. The molecule has 0 aromatic heterocycles. The van der Waals surface area contributed by atoms with Gasteiger partial charge in [0.25, 0.3) is 0 Å². The zero-order chi connectivity index (χ0) is 11.3. The van der Waals surface area contributed by atoms with E-state index in [1.165, 1.54) is 0 Å². The van der Waals surface area contributed by atoms with Crippen LogP contribution in [-0.2, 0) is 19.4 Å². The van der Waals surface area contributed by atoms with Gasteiger partial charge in [0.1, 0.15) is 0 Å². The molecular formula is C11H14Cl3N. The summed E-state index contributed by atoms with van der Waals surface area (Å²) >= 11 is 17.7. The number of hydrogen-bond acceptors (Lipinski definition) is 1. The topological polar surface area (TPSA) is 26.0 Å². The second-order valence-corrected chi connectivity index (χ2v) is 4.39. The van der Waals surface area contributed by atoms with Crippen molar-refractivity contribution in [2.45, 2.75) is 19.4 Å². The first-order valence-corrected chi connectivity index (χ1v) is 6.30. The second-order valence-electron chi connectivity index (χ2n) is 3.26. The van der Waals surface area contributed by atoms with Crippen LogP contribution in [0.4, 0.5) is 0 Å². The third kappa shape index (κ3) is 3.25. The Bertz CT molecular complexity index is 326. The lowest BCUT2D eigenvalue weighted by Crippen LogP contribution is -2.05. The summed E-state index contributed by atoms with van der Waals surface area (Å²) < 4.78 is 0. The summed E-state index contributed by atoms with van der Waals surface area (Å²) in [6, 6.07) is 4.00. The minimum Gasteiger partial charge on any atom is -0.326 e. The third-order valence-electron chi connectivity index (χ3n) is 2.35. The van der Waals surface area contributed by atoms with E-state index in [0.717, 1.165) is 34.6 Å². The van der Waals surface area contributed by atoms with Crippen LogP contribution in [0.2, 0.25) is 5.02 Å². The monoisotopic (exact) mass is 265 g/mol. The molecule has 0 saturated heterocycles. The fourth-order valence-electron chi connectivity index (χ4n) is 1.56. The average molecular weight is 267 g/mol. The number of halogens is 3. The van der Waals surface area contributed by atoms with Gasteiger partial charge >= 0.3 is 0 Å². The number of hydrogen-bond donors (Lipinski definition) is 1. The Kier molecular flexibility index (Phi) is 5.77. The maximum Gasteiger partial charge on any atom is 0.0474 e. The molecule has 0 amide bonds. The predicted octanol–water partition coefficient (Wildman–Crippen LogP) is 3.36. The molecule has 0 aliphatic carbocycles. The molecule has 1 nitrogen and oxygen atoms in total. The van der Waals surface area contributed by atoms with E-state index in [2.05, 4.69) is 0 Å². The van der Waals surface area contributed by atoms with E-state index in [1.807, 2.05) is 12.1 Å². The maximum absolute atomic E-state index is 6.28. The molecule has 4 heteroatoms. The average Bonchev–Trinajstić information content (AvgIpc) is 2.25. The van der Waals surface area contributed by atoms with Crippen LogP contribution >= 0.6 is 34.8 Å². The lowest BCUT2D eigenvalue weighted by molar-refractivity contribution is 0.992. The van der Waals surface area contributed by atoms with Crippen LogP contribution in [0.15, 0.2) is 12.1 Å². The summed E-state index contributed by atoms with van der Waals surface area (Å²) in [4.78, 5) is 0. The first-order chi connectivity index (χ1) is 7.24. The van der Waals surface area contributed by atoms with Gasteiger partial charge in [-0.1, -0.05) is 23.7 Å². The van der Waals surface area contributed by atoms with Crippen molar-refractivity contribution in [3.63, 3.8) is 0 Å². The Morgan fingerprint density at radius 1 is 1.00 bits per heavy atom. The predicted molar refractivity (Wildman–Crippen MR) is 68.2 cm³/mol. The number of nitrogens with two attached hydrogens (primary N) is 1. The van der Waals surface area contributed by atoms with E-state index >= 15 is 0 Å². The fraction of sp³-hybridized carbons (Fsp3) is 0.455. The molecule has 0 aliphatic rings. The summed E-state index contributed by atoms with van der Waals surface area (Å²) in [5.41, 5.74) is 8.85. The van der Waals surface area contributed by atoms with Crippen LogP contribution < -0.4 is 5.73 Å². The van der Waals surface area contributed by atoms with E-state index in [1.54, 1.807) is 0 Å². The molecule has 1 aromatic rings. The highest BCUT2D eigenvalue weighted by Crippen LogP contribution is 2.26. The van der Waals surface area contributed by atoms with E-state index in [9.17, 15) is 0 Å². The number of aryl methyl sites for hydroxylation is 1. The van der Waals surface area contributed by atoms with Crippen molar-refractivity contribution in [1.82, 2.24) is 0 Å². The zero-order valence-electron chi connectivity index (χ0n) is 8.40. The van der Waals surface area contributed by atoms with Gasteiger partial charge in [0, 0.05) is 23.3 Å². The second kappa shape index (κ2) is 6.59. The molecule has 0 atom stereocenters. The van der Waals surface area contributed by atoms with Gasteiger partial charge in [0.15, 0.2) is 0 Å². The molecule has 0 unspecified atom stereocenters. The van der Waals surface area contributed by atoms with Crippen molar-refractivity contribution >= 4 is 34.8 Å². The highest BCUT2D eigenvalue weighted by Gasteiger charge is 2.09. The van der Waals surface area contributed by atoms with Crippen molar-refractivity contribution in [3.8, 4) is 0 Å². The quantitative estimate of drug-likeness (QED) is 0.813. The van der Waals surface area contributed by atoms with Gasteiger partial charge < -0.3 is 5.73 Å². The number of benzene rings is 1. The molecule has 0 fully saturated rings. The van der Waals surface area contributed by atoms with Crippen LogP contribution in [0, 0.1) is 0 Å². The Balaban J connectivity index is 3.10. The van der Waals surface area contributed by atoms with Gasteiger partial charge in [-0.05, 0) is 29.5 Å². The standard InChI is InChI=1S/C11H14Cl3N/c12-5-3-8-1-2-9(7-15)10(4-6-13)11(8)14/h1-2H,3-7,15H2. The van der Waals surface area contributed by atoms with Crippen LogP contribution in [0.25, 0.3) is 0 Å². The smallest absolute Gasteiger partial charge is 0.0474 e. The summed E-state index contributed by atoms with van der Waals surface area (Å²) in [6.07, 6.45) is 1.53. The van der Waals surface area contributed by atoms with E-state index in [4.69, 9.17) is 40.5 Å². The molecule has 0 bridgehead atoms. The Labute approximate surface area is 106 Å². The molecule has 1 aromatic carbocycles. The Morgan fingerprint density at radius 3 is 2.13 bits per heavy atom. The van der Waals surface area contributed by atoms with Gasteiger partial charge in [0.2, 0.25) is 0 Å². The van der Waals surface area contributed by atoms with E-state index in [0.29, 0.717) is 18.3 Å². The SMILES string of the molecule is NCc1ccc(CCCl)c(Cl)c1CCCl. The molecule has 0 saturated carbocycles. The fourth-order valence-corrected chi connectivity index (χ4v) is 2.33. The van der Waals surface area contributed by atoms with E-state index < -0.39 is 0 Å². The highest BCUT2D eigenvalue weighted by atomic mass is 35.5. The molecule has 1 rings (SSSR count). The first kappa shape index (κ1) is 13.1. The van der Waals surface area contributed by atoms with Gasteiger partial charge in [-0.15, -0.1) is 23.2 Å². The summed E-state index contributed by atoms with van der Waals surface area (Å²) in [6.45, 7) is 0.493. The lowest BCUT2D eigenvalue weighted by atomic mass is 10.0. The summed E-state index contributed by atoms with van der Waals surface area (Å²) in [5, 5.41) is 0.777. The highest BCUT2D eigenvalue weighted by molar-refractivity contribution is 6.32. The van der Waals surface area contributed by atoms with E-state index in [-0.39, 0.29) is 0 Å². The third-order valence-corrected chi connectivity index (χ3v) is 3.20. The van der Waals surface area contributed by atoms with Crippen molar-refractivity contribution in [1.29, 1.82) is 0 Å². The van der Waals surface area contributed by atoms with Crippen LogP contribution in [0.1, 0.15) is 16.7 Å². The van der Waals surface area contributed by atoms with Crippen molar-refractivity contribution in [2.75, 3.05) is 11.8 Å². The molecular weight excluding hydrogens is 252 g/mol. The van der Waals surface area contributed by atoms with Crippen LogP contribution in [-0.4, -0.2) is 11.8 Å². The molecule has 0 radical (unpaired) electrons. The minimum absolute atomic E-state index is 0.493. The minimum atomic E-state index is 0.493. The molecule has 0 aliphatic heterocycles. The normalized spacial score (nSPS) is 10.7. The number of rotatable bonds is 5. The van der Waals surface area contributed by atoms with Gasteiger partial charge in [0.05, 0.1) is 0 Å². The largest absolute Gasteiger partial charge is 0.326 e. The summed E-state index contributed by atoms with van der Waals surface area (Å²) in [7, 11) is 0. The van der Waals surface area contributed by atoms with Crippen molar-refractivity contribution in [3.05, 3.63) is 33.8 Å². The zero-order valence-corrected chi connectivity index (χ0v) is 10.7. The molecule has 0 spiro atoms. The van der Waals surface area contributed by atoms with Crippen molar-refractivity contribution in [2.24, 2.45) is 5.73 Å². The molecule has 0 heterocycles. The summed E-state index contributed by atoms with van der Waals surface area (Å²) in [5.74, 6) is 1.12. The Morgan fingerprint density at radius 2 is 1.60 bits per heavy atom. The van der Waals surface area contributed by atoms with Crippen LogP contribution in [0.3, 0.4) is 0 Å². The Hall–Kier alpha value is 0.0500. The molecule has 84 valence electrons. The lowest BCUT2D eigenvalue weighted by Gasteiger charge is -2.12. The van der Waals surface area contributed by atoms with Gasteiger partial charge in [-0.3, -0.25) is 0 Å².